The highest BCUT2D eigenvalue weighted by Crippen LogP contribution is 2.33. The zero-order valence-electron chi connectivity index (χ0n) is 23.1. The van der Waals surface area contributed by atoms with Crippen molar-refractivity contribution in [2.45, 2.75) is 32.8 Å². The molecule has 1 aromatic heterocycles. The van der Waals surface area contributed by atoms with Crippen LogP contribution in [-0.2, 0) is 32.8 Å². The van der Waals surface area contributed by atoms with Gasteiger partial charge in [-0.2, -0.15) is 0 Å². The van der Waals surface area contributed by atoms with Gasteiger partial charge in [0.15, 0.2) is 11.5 Å². The van der Waals surface area contributed by atoms with Gasteiger partial charge < -0.3 is 19.5 Å². The summed E-state index contributed by atoms with van der Waals surface area (Å²) in [6, 6.07) is 34.2. The minimum Gasteiger partial charge on any atom is -0.489 e. The topological polar surface area (TPSA) is 72.9 Å². The van der Waals surface area contributed by atoms with Gasteiger partial charge in [-0.3, -0.25) is 9.69 Å². The van der Waals surface area contributed by atoms with Crippen molar-refractivity contribution in [2.75, 3.05) is 6.79 Å². The molecular weight excluding hydrogens is 546 g/mol. The van der Waals surface area contributed by atoms with Crippen molar-refractivity contribution in [1.29, 1.82) is 0 Å². The molecule has 1 N–H and O–H groups in total. The normalized spacial score (nSPS) is 11.9. The summed E-state index contributed by atoms with van der Waals surface area (Å²) in [4.78, 5) is 19.7. The third-order valence-electron chi connectivity index (χ3n) is 6.86. The summed E-state index contributed by atoms with van der Waals surface area (Å²) in [7, 11) is 0. The van der Waals surface area contributed by atoms with Crippen LogP contribution in [0.5, 0.6) is 17.2 Å². The minimum atomic E-state index is -0.172. The van der Waals surface area contributed by atoms with Crippen molar-refractivity contribution in [2.24, 2.45) is 0 Å². The molecule has 0 bridgehead atoms. The average Bonchev–Trinajstić information content (AvgIpc) is 3.70. The van der Waals surface area contributed by atoms with Crippen molar-refractivity contribution in [1.82, 2.24) is 15.2 Å². The first kappa shape index (κ1) is 27.5. The number of nitrogens with zero attached hydrogens (tertiary/aromatic N) is 2. The third kappa shape index (κ3) is 7.34. The van der Waals surface area contributed by atoms with Gasteiger partial charge in [-0.05, 0) is 46.5 Å². The number of hydrogen-bond donors (Lipinski definition) is 1. The van der Waals surface area contributed by atoms with E-state index < -0.39 is 0 Å². The molecule has 0 aliphatic carbocycles. The number of nitrogens with one attached hydrogen (secondary N) is 1. The number of aromatic nitrogens is 1. The SMILES string of the molecule is O=C(NCc1ccccc1)c1csc(CN(Cc2ccc(OCc3ccccc3)cc2)Cc2ccc3c(c2)OCO3)n1. The van der Waals surface area contributed by atoms with E-state index in [4.69, 9.17) is 14.2 Å². The van der Waals surface area contributed by atoms with Crippen LogP contribution in [0.4, 0.5) is 0 Å². The summed E-state index contributed by atoms with van der Waals surface area (Å²) in [6.45, 7) is 3.21. The fourth-order valence-corrected chi connectivity index (χ4v) is 5.52. The Hall–Kier alpha value is -4.66. The summed E-state index contributed by atoms with van der Waals surface area (Å²) < 4.78 is 17.1. The first-order chi connectivity index (χ1) is 20.7. The van der Waals surface area contributed by atoms with E-state index in [2.05, 4.69) is 45.5 Å². The summed E-state index contributed by atoms with van der Waals surface area (Å²) in [6.07, 6.45) is 0. The molecule has 0 saturated heterocycles. The number of ether oxygens (including phenoxy) is 3. The fourth-order valence-electron chi connectivity index (χ4n) is 4.70. The molecule has 0 radical (unpaired) electrons. The Morgan fingerprint density at radius 2 is 1.48 bits per heavy atom. The molecule has 4 aromatic carbocycles. The molecule has 0 fully saturated rings. The van der Waals surface area contributed by atoms with Crippen LogP contribution in [0.3, 0.4) is 0 Å². The van der Waals surface area contributed by atoms with Gasteiger partial charge in [0.1, 0.15) is 23.1 Å². The lowest BCUT2D eigenvalue weighted by Crippen LogP contribution is -2.24. The average molecular weight is 578 g/mol. The molecule has 0 atom stereocenters. The van der Waals surface area contributed by atoms with E-state index in [9.17, 15) is 4.79 Å². The fraction of sp³-hybridized carbons (Fsp3) is 0.176. The van der Waals surface area contributed by atoms with E-state index >= 15 is 0 Å². The van der Waals surface area contributed by atoms with Crippen molar-refractivity contribution < 1.29 is 19.0 Å². The molecule has 0 spiro atoms. The Balaban J connectivity index is 1.12. The monoisotopic (exact) mass is 577 g/mol. The predicted octanol–water partition coefficient (Wildman–Crippen LogP) is 6.58. The zero-order chi connectivity index (χ0) is 28.6. The molecule has 42 heavy (non-hydrogen) atoms. The summed E-state index contributed by atoms with van der Waals surface area (Å²) in [5, 5.41) is 5.67. The van der Waals surface area contributed by atoms with Gasteiger partial charge in [0, 0.05) is 25.0 Å². The van der Waals surface area contributed by atoms with E-state index in [0.717, 1.165) is 44.5 Å². The molecule has 1 amide bonds. The van der Waals surface area contributed by atoms with Crippen LogP contribution in [0.2, 0.25) is 0 Å². The van der Waals surface area contributed by atoms with Gasteiger partial charge in [-0.1, -0.05) is 78.9 Å². The molecule has 2 heterocycles. The van der Waals surface area contributed by atoms with Crippen LogP contribution in [0.1, 0.15) is 37.7 Å². The number of thiazole rings is 1. The molecular formula is C34H31N3O4S. The van der Waals surface area contributed by atoms with E-state index in [1.165, 1.54) is 11.3 Å². The number of carbonyl (C=O) groups excluding carboxylic acids is 1. The highest BCUT2D eigenvalue weighted by molar-refractivity contribution is 7.09. The number of fused-ring (bicyclic) bond motifs is 1. The molecule has 8 heteroatoms. The van der Waals surface area contributed by atoms with Crippen LogP contribution in [0.25, 0.3) is 0 Å². The summed E-state index contributed by atoms with van der Waals surface area (Å²) in [5.74, 6) is 2.19. The van der Waals surface area contributed by atoms with Crippen LogP contribution < -0.4 is 19.5 Å². The lowest BCUT2D eigenvalue weighted by molar-refractivity contribution is 0.0946. The van der Waals surface area contributed by atoms with Crippen molar-refractivity contribution in [3.63, 3.8) is 0 Å². The number of rotatable bonds is 12. The molecule has 6 rings (SSSR count). The largest absolute Gasteiger partial charge is 0.489 e. The Morgan fingerprint density at radius 1 is 0.786 bits per heavy atom. The van der Waals surface area contributed by atoms with Crippen molar-refractivity contribution >= 4 is 17.2 Å². The summed E-state index contributed by atoms with van der Waals surface area (Å²) >= 11 is 1.50. The van der Waals surface area contributed by atoms with Crippen LogP contribution in [0.15, 0.2) is 109 Å². The Morgan fingerprint density at radius 3 is 2.26 bits per heavy atom. The van der Waals surface area contributed by atoms with Crippen molar-refractivity contribution in [3.8, 4) is 17.2 Å². The first-order valence-corrected chi connectivity index (χ1v) is 14.7. The molecule has 0 saturated carbocycles. The first-order valence-electron chi connectivity index (χ1n) is 13.8. The van der Waals surface area contributed by atoms with Crippen LogP contribution in [-0.4, -0.2) is 22.6 Å². The maximum Gasteiger partial charge on any atom is 0.271 e. The molecule has 5 aromatic rings. The third-order valence-corrected chi connectivity index (χ3v) is 7.69. The Kier molecular flexibility index (Phi) is 8.73. The number of carbonyl (C=O) groups is 1. The highest BCUT2D eigenvalue weighted by Gasteiger charge is 2.17. The summed E-state index contributed by atoms with van der Waals surface area (Å²) in [5.41, 5.74) is 4.88. The second-order valence-corrected chi connectivity index (χ2v) is 11.0. The molecule has 7 nitrogen and oxygen atoms in total. The van der Waals surface area contributed by atoms with E-state index in [-0.39, 0.29) is 12.7 Å². The van der Waals surface area contributed by atoms with Gasteiger partial charge in [-0.15, -0.1) is 11.3 Å². The molecule has 1 aliphatic heterocycles. The van der Waals surface area contributed by atoms with E-state index in [1.807, 2.05) is 78.2 Å². The smallest absolute Gasteiger partial charge is 0.271 e. The lowest BCUT2D eigenvalue weighted by Gasteiger charge is -2.22. The van der Waals surface area contributed by atoms with Gasteiger partial charge in [-0.25, -0.2) is 4.98 Å². The molecule has 1 aliphatic rings. The zero-order valence-corrected chi connectivity index (χ0v) is 23.9. The Bertz CT molecular complexity index is 1610. The van der Waals surface area contributed by atoms with Gasteiger partial charge in [0.25, 0.3) is 5.91 Å². The molecule has 0 unspecified atom stereocenters. The quantitative estimate of drug-likeness (QED) is 0.181. The molecule has 212 valence electrons. The maximum atomic E-state index is 12.8. The second kappa shape index (κ2) is 13.3. The number of benzene rings is 4. The van der Waals surface area contributed by atoms with Gasteiger partial charge >= 0.3 is 0 Å². The minimum absolute atomic E-state index is 0.172. The number of amides is 1. The van der Waals surface area contributed by atoms with Gasteiger partial charge in [0.2, 0.25) is 6.79 Å². The Labute approximate surface area is 249 Å². The lowest BCUT2D eigenvalue weighted by atomic mass is 10.1. The standard InChI is InChI=1S/C34H31N3O4S/c38-34(35-18-25-7-3-1-4-8-25)30-23-42-33(36-30)21-37(20-28-13-16-31-32(17-28)41-24-40-31)19-26-11-14-29(15-12-26)39-22-27-9-5-2-6-10-27/h1-17,23H,18-22,24H2,(H,35,38). The van der Waals surface area contributed by atoms with Crippen LogP contribution in [0, 0.1) is 0 Å². The van der Waals surface area contributed by atoms with Crippen molar-refractivity contribution in [3.05, 3.63) is 141 Å². The second-order valence-electron chi connectivity index (χ2n) is 10.0. The van der Waals surface area contributed by atoms with E-state index in [1.54, 1.807) is 0 Å². The van der Waals surface area contributed by atoms with E-state index in [0.29, 0.717) is 38.5 Å². The number of hydrogen-bond acceptors (Lipinski definition) is 7. The maximum absolute atomic E-state index is 12.8. The predicted molar refractivity (Wildman–Crippen MR) is 162 cm³/mol. The van der Waals surface area contributed by atoms with Gasteiger partial charge in [0.05, 0.1) is 6.54 Å². The highest BCUT2D eigenvalue weighted by atomic mass is 32.1. The van der Waals surface area contributed by atoms with Crippen LogP contribution >= 0.6 is 11.3 Å².